The molecule has 0 saturated carbocycles. The lowest BCUT2D eigenvalue weighted by Crippen LogP contribution is -2.36. The molecule has 0 amide bonds. The second-order valence-corrected chi connectivity index (χ2v) is 7.14. The Morgan fingerprint density at radius 3 is 2.44 bits per heavy atom. The SMILES string of the molecule is CN=C(NCc1coc(-c2ccc(C)cc2)n1)NCc1csc(N(C)C)n1. The highest BCUT2D eigenvalue weighted by atomic mass is 32.1. The monoisotopic (exact) mass is 384 g/mol. The average Bonchev–Trinajstić information content (AvgIpc) is 3.32. The zero-order valence-electron chi connectivity index (χ0n) is 16.0. The molecule has 0 aliphatic carbocycles. The number of rotatable bonds is 6. The number of hydrogen-bond donors (Lipinski definition) is 2. The van der Waals surface area contributed by atoms with Crippen molar-refractivity contribution >= 4 is 22.4 Å². The molecular weight excluding hydrogens is 360 g/mol. The van der Waals surface area contributed by atoms with Crippen molar-refractivity contribution in [3.05, 3.63) is 52.9 Å². The van der Waals surface area contributed by atoms with Crippen LogP contribution in [0.15, 0.2) is 45.3 Å². The number of oxazole rings is 1. The molecule has 0 unspecified atom stereocenters. The van der Waals surface area contributed by atoms with Crippen LogP contribution in [0.2, 0.25) is 0 Å². The summed E-state index contributed by atoms with van der Waals surface area (Å²) in [6.07, 6.45) is 1.67. The van der Waals surface area contributed by atoms with Crippen LogP contribution in [0, 0.1) is 6.92 Å². The maximum atomic E-state index is 5.59. The van der Waals surface area contributed by atoms with E-state index in [0.717, 1.165) is 22.1 Å². The first-order valence-electron chi connectivity index (χ1n) is 8.63. The molecule has 3 rings (SSSR count). The molecule has 27 heavy (non-hydrogen) atoms. The van der Waals surface area contributed by atoms with E-state index >= 15 is 0 Å². The highest BCUT2D eigenvalue weighted by molar-refractivity contribution is 7.13. The Hall–Kier alpha value is -2.87. The highest BCUT2D eigenvalue weighted by Gasteiger charge is 2.08. The highest BCUT2D eigenvalue weighted by Crippen LogP contribution is 2.19. The third-order valence-corrected chi connectivity index (χ3v) is 4.93. The van der Waals surface area contributed by atoms with Gasteiger partial charge >= 0.3 is 0 Å². The van der Waals surface area contributed by atoms with E-state index in [9.17, 15) is 0 Å². The number of aryl methyl sites for hydroxylation is 1. The first kappa shape index (κ1) is 18.9. The summed E-state index contributed by atoms with van der Waals surface area (Å²) in [5, 5.41) is 9.53. The molecular formula is C19H24N6OS. The van der Waals surface area contributed by atoms with E-state index in [0.29, 0.717) is 24.9 Å². The summed E-state index contributed by atoms with van der Waals surface area (Å²) in [5.74, 6) is 1.31. The molecule has 7 nitrogen and oxygen atoms in total. The maximum Gasteiger partial charge on any atom is 0.226 e. The van der Waals surface area contributed by atoms with Crippen LogP contribution >= 0.6 is 11.3 Å². The molecule has 0 aliphatic rings. The van der Waals surface area contributed by atoms with E-state index in [1.54, 1.807) is 24.6 Å². The fraction of sp³-hybridized carbons (Fsp3) is 0.316. The van der Waals surface area contributed by atoms with Gasteiger partial charge in [-0.1, -0.05) is 17.7 Å². The van der Waals surface area contributed by atoms with Crippen molar-refractivity contribution in [2.24, 2.45) is 4.99 Å². The third kappa shape index (κ3) is 5.07. The molecule has 0 fully saturated rings. The van der Waals surface area contributed by atoms with E-state index in [4.69, 9.17) is 4.42 Å². The Kier molecular flexibility index (Phi) is 6.08. The quantitative estimate of drug-likeness (QED) is 0.502. The minimum absolute atomic E-state index is 0.523. The lowest BCUT2D eigenvalue weighted by Gasteiger charge is -2.10. The summed E-state index contributed by atoms with van der Waals surface area (Å²) in [6, 6.07) is 8.11. The van der Waals surface area contributed by atoms with E-state index in [2.05, 4.69) is 32.5 Å². The molecule has 0 bridgehead atoms. The Bertz CT molecular complexity index is 897. The number of anilines is 1. The molecule has 1 aromatic carbocycles. The smallest absolute Gasteiger partial charge is 0.226 e. The summed E-state index contributed by atoms with van der Waals surface area (Å²) in [4.78, 5) is 15.3. The van der Waals surface area contributed by atoms with Gasteiger partial charge in [0.25, 0.3) is 0 Å². The number of aromatic nitrogens is 2. The number of thiazole rings is 1. The van der Waals surface area contributed by atoms with Gasteiger partial charge in [-0.25, -0.2) is 9.97 Å². The predicted octanol–water partition coefficient (Wildman–Crippen LogP) is 3.04. The molecule has 0 saturated heterocycles. The normalized spacial score (nSPS) is 11.5. The van der Waals surface area contributed by atoms with Crippen LogP contribution in [0.1, 0.15) is 17.0 Å². The van der Waals surface area contributed by atoms with Gasteiger partial charge in [0.05, 0.1) is 24.5 Å². The van der Waals surface area contributed by atoms with Crippen molar-refractivity contribution in [2.45, 2.75) is 20.0 Å². The lowest BCUT2D eigenvalue weighted by molar-refractivity contribution is 0.572. The second-order valence-electron chi connectivity index (χ2n) is 6.31. The number of guanidine groups is 1. The zero-order valence-corrected chi connectivity index (χ0v) is 16.8. The summed E-state index contributed by atoms with van der Waals surface area (Å²) < 4.78 is 5.59. The minimum atomic E-state index is 0.523. The molecule has 0 spiro atoms. The van der Waals surface area contributed by atoms with Crippen molar-refractivity contribution in [1.82, 2.24) is 20.6 Å². The Morgan fingerprint density at radius 1 is 1.11 bits per heavy atom. The molecule has 142 valence electrons. The number of nitrogens with one attached hydrogen (secondary N) is 2. The molecule has 3 aromatic rings. The molecule has 0 atom stereocenters. The van der Waals surface area contributed by atoms with Crippen LogP contribution in [0.3, 0.4) is 0 Å². The van der Waals surface area contributed by atoms with E-state index in [1.165, 1.54) is 5.56 Å². The zero-order chi connectivity index (χ0) is 19.2. The molecule has 2 aromatic heterocycles. The molecule has 8 heteroatoms. The van der Waals surface area contributed by atoms with Crippen LogP contribution in [0.25, 0.3) is 11.5 Å². The van der Waals surface area contributed by atoms with E-state index in [1.807, 2.05) is 48.6 Å². The second kappa shape index (κ2) is 8.68. The Labute approximate surface area is 163 Å². The number of hydrogen-bond acceptors (Lipinski definition) is 6. The number of benzene rings is 1. The van der Waals surface area contributed by atoms with Crippen molar-refractivity contribution < 1.29 is 4.42 Å². The topological polar surface area (TPSA) is 78.6 Å². The van der Waals surface area contributed by atoms with Crippen molar-refractivity contribution in [1.29, 1.82) is 0 Å². The molecule has 2 heterocycles. The first-order valence-corrected chi connectivity index (χ1v) is 9.51. The van der Waals surface area contributed by atoms with Crippen LogP contribution < -0.4 is 15.5 Å². The standard InChI is InChI=1S/C19H24N6OS/c1-13-5-7-14(8-6-13)17-23-15(11-26-17)9-21-18(20-2)22-10-16-12-27-19(24-16)25(3)4/h5-8,11-12H,9-10H2,1-4H3,(H2,20,21,22). The van der Waals surface area contributed by atoms with Crippen LogP contribution in [0.5, 0.6) is 0 Å². The average molecular weight is 385 g/mol. The molecule has 0 aliphatic heterocycles. The van der Waals surface area contributed by atoms with Crippen LogP contribution in [-0.4, -0.2) is 37.1 Å². The summed E-state index contributed by atoms with van der Waals surface area (Å²) in [7, 11) is 5.71. The van der Waals surface area contributed by atoms with Gasteiger partial charge in [-0.3, -0.25) is 4.99 Å². The summed E-state index contributed by atoms with van der Waals surface area (Å²) >= 11 is 1.62. The summed E-state index contributed by atoms with van der Waals surface area (Å²) in [5.41, 5.74) is 3.97. The predicted molar refractivity (Wildman–Crippen MR) is 110 cm³/mol. The maximum absolute atomic E-state index is 5.59. The fourth-order valence-corrected chi connectivity index (χ4v) is 3.13. The third-order valence-electron chi connectivity index (χ3n) is 3.87. The number of aliphatic imine (C=N–C) groups is 1. The van der Waals surface area contributed by atoms with Gasteiger partial charge in [-0.15, -0.1) is 11.3 Å². The Morgan fingerprint density at radius 2 is 1.81 bits per heavy atom. The first-order chi connectivity index (χ1) is 13.0. The van der Waals surface area contributed by atoms with Crippen LogP contribution in [0.4, 0.5) is 5.13 Å². The molecule has 2 N–H and O–H groups in total. The van der Waals surface area contributed by atoms with Gasteiger partial charge < -0.3 is 20.0 Å². The summed E-state index contributed by atoms with van der Waals surface area (Å²) in [6.45, 7) is 3.19. The van der Waals surface area contributed by atoms with Gasteiger partial charge in [0, 0.05) is 32.1 Å². The van der Waals surface area contributed by atoms with Gasteiger partial charge in [-0.05, 0) is 19.1 Å². The minimum Gasteiger partial charge on any atom is -0.444 e. The van der Waals surface area contributed by atoms with Gasteiger partial charge in [0.2, 0.25) is 5.89 Å². The Balaban J connectivity index is 1.52. The number of nitrogens with zero attached hydrogens (tertiary/aromatic N) is 4. The van der Waals surface area contributed by atoms with Crippen molar-refractivity contribution in [2.75, 3.05) is 26.0 Å². The van der Waals surface area contributed by atoms with Gasteiger partial charge in [0.15, 0.2) is 11.1 Å². The lowest BCUT2D eigenvalue weighted by atomic mass is 10.1. The van der Waals surface area contributed by atoms with E-state index < -0.39 is 0 Å². The van der Waals surface area contributed by atoms with Crippen molar-refractivity contribution in [3.63, 3.8) is 0 Å². The van der Waals surface area contributed by atoms with Gasteiger partial charge in [0.1, 0.15) is 6.26 Å². The van der Waals surface area contributed by atoms with E-state index in [-0.39, 0.29) is 0 Å². The fourth-order valence-electron chi connectivity index (χ4n) is 2.37. The van der Waals surface area contributed by atoms with Gasteiger partial charge in [-0.2, -0.15) is 0 Å². The van der Waals surface area contributed by atoms with Crippen molar-refractivity contribution in [3.8, 4) is 11.5 Å². The molecule has 0 radical (unpaired) electrons. The largest absolute Gasteiger partial charge is 0.444 e. The van der Waals surface area contributed by atoms with Crippen LogP contribution in [-0.2, 0) is 13.1 Å².